The largest absolute Gasteiger partial charge is 0.394 e. The Hall–Kier alpha value is -1.21. The smallest absolute Gasteiger partial charge is 0.249 e. The Morgan fingerprint density at radius 1 is 0.348 bits per heavy atom. The molecule has 0 bridgehead atoms. The van der Waals surface area contributed by atoms with E-state index < -0.39 is 36.9 Å². The van der Waals surface area contributed by atoms with E-state index in [4.69, 9.17) is 0 Å². The SMILES string of the molecule is CCCCCCCCCCCCCC/C=C\CCCCCCCCCC(O)C(=O)NC(CO)C(O)C(O)CCC/C=C/CCCCCCCCCCCCCCCCCCCCCCCCCCC. The molecule has 0 saturated heterocycles. The van der Waals surface area contributed by atoms with Gasteiger partial charge in [0.25, 0.3) is 0 Å². The third-order valence-corrected chi connectivity index (χ3v) is 14.9. The first kappa shape index (κ1) is 67.8. The van der Waals surface area contributed by atoms with Crippen LogP contribution in [0.25, 0.3) is 0 Å². The van der Waals surface area contributed by atoms with Gasteiger partial charge < -0.3 is 25.7 Å². The zero-order chi connectivity index (χ0) is 50.2. The monoisotopic (exact) mass is 974 g/mol. The van der Waals surface area contributed by atoms with Gasteiger partial charge in [-0.25, -0.2) is 0 Å². The van der Waals surface area contributed by atoms with Crippen molar-refractivity contribution >= 4 is 5.91 Å². The fourth-order valence-electron chi connectivity index (χ4n) is 9.99. The molecule has 1 amide bonds. The molecule has 0 aliphatic carbocycles. The minimum absolute atomic E-state index is 0.360. The van der Waals surface area contributed by atoms with Crippen molar-refractivity contribution in [2.75, 3.05) is 6.61 Å². The number of carbonyl (C=O) groups excluding carboxylic acids is 1. The molecule has 0 spiro atoms. The molecule has 0 saturated carbocycles. The number of hydrogen-bond acceptors (Lipinski definition) is 5. The van der Waals surface area contributed by atoms with Gasteiger partial charge in [-0.3, -0.25) is 4.79 Å². The van der Waals surface area contributed by atoms with Gasteiger partial charge in [0.2, 0.25) is 5.91 Å². The van der Waals surface area contributed by atoms with E-state index in [1.807, 2.05) is 0 Å². The molecule has 5 N–H and O–H groups in total. The van der Waals surface area contributed by atoms with E-state index in [1.54, 1.807) is 0 Å². The highest BCUT2D eigenvalue weighted by molar-refractivity contribution is 5.80. The van der Waals surface area contributed by atoms with Crippen molar-refractivity contribution in [3.63, 3.8) is 0 Å². The van der Waals surface area contributed by atoms with Crippen LogP contribution >= 0.6 is 0 Å². The van der Waals surface area contributed by atoms with Crippen LogP contribution in [-0.2, 0) is 4.79 Å². The van der Waals surface area contributed by atoms with Crippen molar-refractivity contribution in [2.45, 2.75) is 366 Å². The van der Waals surface area contributed by atoms with Crippen molar-refractivity contribution in [2.24, 2.45) is 0 Å². The molecule has 6 nitrogen and oxygen atoms in total. The Balaban J connectivity index is 3.61. The summed E-state index contributed by atoms with van der Waals surface area (Å²) in [7, 11) is 0. The first-order valence-electron chi connectivity index (χ1n) is 31.2. The number of carbonyl (C=O) groups is 1. The Bertz CT molecular complexity index is 1050. The lowest BCUT2D eigenvalue weighted by Crippen LogP contribution is -2.53. The highest BCUT2D eigenvalue weighted by Gasteiger charge is 2.28. The lowest BCUT2D eigenvalue weighted by atomic mass is 10.00. The summed E-state index contributed by atoms with van der Waals surface area (Å²) < 4.78 is 0. The number of amides is 1. The van der Waals surface area contributed by atoms with Gasteiger partial charge in [-0.1, -0.05) is 301 Å². The molecule has 0 aromatic heterocycles. The standard InChI is InChI=1S/C63H123NO5/c1-3-5-7-9-11-13-15-17-19-21-23-25-27-28-29-30-31-32-33-35-36-38-40-42-44-46-48-50-52-54-56-60(66)62(68)59(58-65)64-63(69)61(67)57-55-53-51-49-47-45-43-41-39-37-34-26-24-22-20-18-16-14-12-10-8-6-4-2/h37,39,48,50,59-62,65-68H,3-36,38,40-47,49,51-58H2,1-2H3,(H,64,69)/b39-37-,50-48+. The minimum atomic E-state index is -1.28. The van der Waals surface area contributed by atoms with Crippen molar-refractivity contribution in [1.29, 1.82) is 0 Å². The van der Waals surface area contributed by atoms with Crippen LogP contribution in [0.4, 0.5) is 0 Å². The van der Waals surface area contributed by atoms with E-state index in [-0.39, 0.29) is 0 Å². The van der Waals surface area contributed by atoms with Crippen molar-refractivity contribution < 1.29 is 25.2 Å². The second-order valence-corrected chi connectivity index (χ2v) is 21.7. The van der Waals surface area contributed by atoms with Gasteiger partial charge >= 0.3 is 0 Å². The Labute approximate surface area is 431 Å². The second kappa shape index (κ2) is 57.7. The summed E-state index contributed by atoms with van der Waals surface area (Å²) in [5.41, 5.74) is 0. The Morgan fingerprint density at radius 2 is 0.594 bits per heavy atom. The number of hydrogen-bond donors (Lipinski definition) is 5. The zero-order valence-electron chi connectivity index (χ0n) is 46.6. The van der Waals surface area contributed by atoms with Gasteiger partial charge in [-0.2, -0.15) is 0 Å². The van der Waals surface area contributed by atoms with Crippen LogP contribution < -0.4 is 5.32 Å². The van der Waals surface area contributed by atoms with Gasteiger partial charge in [-0.15, -0.1) is 0 Å². The van der Waals surface area contributed by atoms with Crippen LogP contribution in [0, 0.1) is 0 Å². The summed E-state index contributed by atoms with van der Waals surface area (Å²) in [6.45, 7) is 4.09. The van der Waals surface area contributed by atoms with E-state index in [0.717, 1.165) is 38.5 Å². The van der Waals surface area contributed by atoms with E-state index in [2.05, 4.69) is 43.5 Å². The van der Waals surface area contributed by atoms with E-state index >= 15 is 0 Å². The fraction of sp³-hybridized carbons (Fsp3) is 0.921. The summed E-state index contributed by atoms with van der Waals surface area (Å²) >= 11 is 0. The first-order chi connectivity index (χ1) is 34.0. The van der Waals surface area contributed by atoms with E-state index in [0.29, 0.717) is 12.8 Å². The van der Waals surface area contributed by atoms with Gasteiger partial charge in [0.15, 0.2) is 0 Å². The van der Waals surface area contributed by atoms with Gasteiger partial charge in [0.05, 0.1) is 18.8 Å². The quantitative estimate of drug-likeness (QED) is 0.0308. The minimum Gasteiger partial charge on any atom is -0.394 e. The maximum atomic E-state index is 12.6. The highest BCUT2D eigenvalue weighted by Crippen LogP contribution is 2.18. The van der Waals surface area contributed by atoms with Crippen LogP contribution in [0.5, 0.6) is 0 Å². The van der Waals surface area contributed by atoms with Gasteiger partial charge in [0, 0.05) is 0 Å². The predicted octanol–water partition coefficient (Wildman–Crippen LogP) is 18.6. The lowest BCUT2D eigenvalue weighted by Gasteiger charge is -2.27. The number of aliphatic hydroxyl groups excluding tert-OH is 4. The molecule has 0 aromatic rings. The molecule has 410 valence electrons. The number of unbranched alkanes of at least 4 members (excludes halogenated alkanes) is 45. The third kappa shape index (κ3) is 51.5. The molecule has 0 fully saturated rings. The van der Waals surface area contributed by atoms with Crippen LogP contribution in [0.1, 0.15) is 341 Å². The van der Waals surface area contributed by atoms with E-state index in [9.17, 15) is 25.2 Å². The summed E-state index contributed by atoms with van der Waals surface area (Å²) in [6, 6.07) is -1.00. The molecule has 0 aromatic carbocycles. The molecule has 0 aliphatic heterocycles. The fourth-order valence-corrected chi connectivity index (χ4v) is 9.99. The maximum absolute atomic E-state index is 12.6. The van der Waals surface area contributed by atoms with Crippen LogP contribution in [0.15, 0.2) is 24.3 Å². The average Bonchev–Trinajstić information content (AvgIpc) is 3.35. The molecular weight excluding hydrogens is 851 g/mol. The molecule has 4 atom stereocenters. The number of aliphatic hydroxyl groups is 4. The van der Waals surface area contributed by atoms with Crippen LogP contribution in [0.2, 0.25) is 0 Å². The number of nitrogens with one attached hydrogen (secondary N) is 1. The topological polar surface area (TPSA) is 110 Å². The average molecular weight is 975 g/mol. The van der Waals surface area contributed by atoms with E-state index in [1.165, 1.54) is 276 Å². The zero-order valence-corrected chi connectivity index (χ0v) is 46.6. The lowest BCUT2D eigenvalue weighted by molar-refractivity contribution is -0.132. The summed E-state index contributed by atoms with van der Waals surface area (Å²) in [6.07, 6.45) is 71.3. The summed E-state index contributed by atoms with van der Waals surface area (Å²) in [4.78, 5) is 12.6. The highest BCUT2D eigenvalue weighted by atomic mass is 16.3. The molecule has 6 heteroatoms. The van der Waals surface area contributed by atoms with Crippen LogP contribution in [-0.4, -0.2) is 57.3 Å². The normalized spacial score (nSPS) is 13.8. The molecule has 0 aliphatic rings. The predicted molar refractivity (Wildman–Crippen MR) is 302 cm³/mol. The molecular formula is C63H123NO5. The third-order valence-electron chi connectivity index (χ3n) is 14.9. The Morgan fingerprint density at radius 3 is 0.870 bits per heavy atom. The Kier molecular flexibility index (Phi) is 56.7. The molecule has 4 unspecified atom stereocenters. The molecule has 69 heavy (non-hydrogen) atoms. The molecule has 0 rings (SSSR count). The molecule has 0 radical (unpaired) electrons. The summed E-state index contributed by atoms with van der Waals surface area (Å²) in [5, 5.41) is 44.1. The number of allylic oxidation sites excluding steroid dienone is 4. The second-order valence-electron chi connectivity index (χ2n) is 21.7. The first-order valence-corrected chi connectivity index (χ1v) is 31.2. The number of rotatable bonds is 58. The van der Waals surface area contributed by atoms with Crippen LogP contribution in [0.3, 0.4) is 0 Å². The summed E-state index contributed by atoms with van der Waals surface area (Å²) in [5.74, 6) is -0.592. The van der Waals surface area contributed by atoms with Crippen molar-refractivity contribution in [3.05, 3.63) is 24.3 Å². The van der Waals surface area contributed by atoms with Gasteiger partial charge in [0.1, 0.15) is 12.2 Å². The molecule has 0 heterocycles. The van der Waals surface area contributed by atoms with Crippen molar-refractivity contribution in [1.82, 2.24) is 5.32 Å². The van der Waals surface area contributed by atoms with Gasteiger partial charge in [-0.05, 0) is 64.2 Å². The maximum Gasteiger partial charge on any atom is 0.249 e. The van der Waals surface area contributed by atoms with Crippen molar-refractivity contribution in [3.8, 4) is 0 Å².